The molecule has 0 aliphatic carbocycles. The van der Waals surface area contributed by atoms with Crippen LogP contribution in [0.5, 0.6) is 11.5 Å². The smallest absolute Gasteiger partial charge is 0.239 e. The minimum Gasteiger partial charge on any atom is -0.497 e. The molecule has 2 rings (SSSR count). The molecule has 0 fully saturated rings. The van der Waals surface area contributed by atoms with Crippen molar-refractivity contribution in [3.8, 4) is 11.5 Å². The molecule has 0 bridgehead atoms. The number of halogens is 2. The van der Waals surface area contributed by atoms with Crippen molar-refractivity contribution < 1.29 is 23.0 Å². The van der Waals surface area contributed by atoms with Crippen molar-refractivity contribution >= 4 is 11.6 Å². The van der Waals surface area contributed by atoms with Crippen LogP contribution in [-0.4, -0.2) is 32.7 Å². The van der Waals surface area contributed by atoms with Crippen LogP contribution < -0.4 is 20.1 Å². The summed E-state index contributed by atoms with van der Waals surface area (Å²) in [4.78, 5) is 11.6. The number of ether oxygens (including phenoxy) is 2. The molecule has 0 heterocycles. The summed E-state index contributed by atoms with van der Waals surface area (Å²) in [6.07, 6.45) is 0. The lowest BCUT2D eigenvalue weighted by Gasteiger charge is -2.10. The molecule has 128 valence electrons. The number of hydrogen-bond donors (Lipinski definition) is 2. The maximum Gasteiger partial charge on any atom is 0.239 e. The molecule has 0 unspecified atom stereocenters. The molecule has 7 heteroatoms. The summed E-state index contributed by atoms with van der Waals surface area (Å²) < 4.78 is 36.6. The van der Waals surface area contributed by atoms with Crippen LogP contribution in [0.1, 0.15) is 0 Å². The third kappa shape index (κ3) is 5.42. The maximum atomic E-state index is 13.4. The number of amides is 1. The Hall–Kier alpha value is -2.83. The van der Waals surface area contributed by atoms with E-state index in [1.807, 2.05) is 0 Å². The molecule has 5 nitrogen and oxygen atoms in total. The molecule has 2 N–H and O–H groups in total. The van der Waals surface area contributed by atoms with Crippen LogP contribution >= 0.6 is 0 Å². The molecule has 0 aliphatic heterocycles. The quantitative estimate of drug-likeness (QED) is 0.728. The molecule has 0 saturated carbocycles. The van der Waals surface area contributed by atoms with Gasteiger partial charge in [0.2, 0.25) is 5.91 Å². The monoisotopic (exact) mass is 336 g/mol. The number of methoxy groups -OCH3 is 1. The van der Waals surface area contributed by atoms with E-state index in [-0.39, 0.29) is 18.1 Å². The molecule has 2 aromatic carbocycles. The van der Waals surface area contributed by atoms with Crippen LogP contribution in [0, 0.1) is 11.6 Å². The second-order valence-electron chi connectivity index (χ2n) is 4.85. The van der Waals surface area contributed by atoms with Gasteiger partial charge in [-0.25, -0.2) is 8.78 Å². The van der Waals surface area contributed by atoms with Crippen LogP contribution in [0.25, 0.3) is 0 Å². The van der Waals surface area contributed by atoms with E-state index in [9.17, 15) is 13.6 Å². The standard InChI is InChI=1S/C17H18F2N2O3/c1-23-13-3-5-14(6-4-13)24-9-8-20-17(22)11-21-16-7-2-12(18)10-15(16)19/h2-7,10,21H,8-9,11H2,1H3,(H,20,22). The first-order valence-electron chi connectivity index (χ1n) is 7.31. The molecule has 1 amide bonds. The van der Waals surface area contributed by atoms with Gasteiger partial charge in [-0.1, -0.05) is 0 Å². The molecular formula is C17H18F2N2O3. The van der Waals surface area contributed by atoms with E-state index >= 15 is 0 Å². The molecule has 24 heavy (non-hydrogen) atoms. The lowest BCUT2D eigenvalue weighted by atomic mass is 10.3. The predicted octanol–water partition coefficient (Wildman–Crippen LogP) is 2.58. The summed E-state index contributed by atoms with van der Waals surface area (Å²) in [6, 6.07) is 10.2. The average Bonchev–Trinajstić information content (AvgIpc) is 2.58. The number of nitrogens with one attached hydrogen (secondary N) is 2. The van der Waals surface area contributed by atoms with Crippen molar-refractivity contribution in [1.29, 1.82) is 0 Å². The van der Waals surface area contributed by atoms with Crippen molar-refractivity contribution in [1.82, 2.24) is 5.32 Å². The first-order chi connectivity index (χ1) is 11.6. The maximum absolute atomic E-state index is 13.4. The van der Waals surface area contributed by atoms with Crippen LogP contribution in [0.15, 0.2) is 42.5 Å². The van der Waals surface area contributed by atoms with Crippen molar-refractivity contribution in [3.63, 3.8) is 0 Å². The molecule has 0 aromatic heterocycles. The SMILES string of the molecule is COc1ccc(OCCNC(=O)CNc2ccc(F)cc2F)cc1. The van der Waals surface area contributed by atoms with Gasteiger partial charge in [0.25, 0.3) is 0 Å². The Morgan fingerprint density at radius 3 is 2.46 bits per heavy atom. The Balaban J connectivity index is 1.65. The van der Waals surface area contributed by atoms with Crippen molar-refractivity contribution in [2.24, 2.45) is 0 Å². The van der Waals surface area contributed by atoms with Crippen LogP contribution in [-0.2, 0) is 4.79 Å². The summed E-state index contributed by atoms with van der Waals surface area (Å²) in [5, 5.41) is 5.23. The first-order valence-corrected chi connectivity index (χ1v) is 7.31. The second kappa shape index (κ2) is 8.71. The summed E-state index contributed by atoms with van der Waals surface area (Å²) in [5.41, 5.74) is 0.0704. The summed E-state index contributed by atoms with van der Waals surface area (Å²) >= 11 is 0. The number of benzene rings is 2. The first kappa shape index (κ1) is 17.5. The highest BCUT2D eigenvalue weighted by Gasteiger charge is 2.06. The molecule has 0 spiro atoms. The topological polar surface area (TPSA) is 59.6 Å². The van der Waals surface area contributed by atoms with Gasteiger partial charge >= 0.3 is 0 Å². The zero-order chi connectivity index (χ0) is 17.4. The van der Waals surface area contributed by atoms with E-state index in [2.05, 4.69) is 10.6 Å². The molecule has 2 aromatic rings. The molecule has 0 atom stereocenters. The molecule has 0 aliphatic rings. The van der Waals surface area contributed by atoms with E-state index in [0.717, 1.165) is 17.9 Å². The van der Waals surface area contributed by atoms with Gasteiger partial charge in [0.05, 0.1) is 25.9 Å². The van der Waals surface area contributed by atoms with E-state index in [0.29, 0.717) is 18.9 Å². The van der Waals surface area contributed by atoms with Crippen molar-refractivity contribution in [3.05, 3.63) is 54.1 Å². The highest BCUT2D eigenvalue weighted by atomic mass is 19.1. The van der Waals surface area contributed by atoms with E-state index < -0.39 is 11.6 Å². The fourth-order valence-corrected chi connectivity index (χ4v) is 1.90. The van der Waals surface area contributed by atoms with Gasteiger partial charge in [-0.05, 0) is 36.4 Å². The lowest BCUT2D eigenvalue weighted by Crippen LogP contribution is -2.33. The zero-order valence-electron chi connectivity index (χ0n) is 13.1. The largest absolute Gasteiger partial charge is 0.497 e. The second-order valence-corrected chi connectivity index (χ2v) is 4.85. The summed E-state index contributed by atoms with van der Waals surface area (Å²) in [7, 11) is 1.58. The minimum atomic E-state index is -0.745. The van der Waals surface area contributed by atoms with Gasteiger partial charge in [0.1, 0.15) is 29.7 Å². The lowest BCUT2D eigenvalue weighted by molar-refractivity contribution is -0.119. The van der Waals surface area contributed by atoms with Gasteiger partial charge in [0.15, 0.2) is 0 Å². The Bertz CT molecular complexity index is 678. The molecular weight excluding hydrogens is 318 g/mol. The number of carbonyl (C=O) groups excluding carboxylic acids is 1. The van der Waals surface area contributed by atoms with Gasteiger partial charge in [-0.3, -0.25) is 4.79 Å². The third-order valence-corrected chi connectivity index (χ3v) is 3.12. The summed E-state index contributed by atoms with van der Waals surface area (Å²) in [5.74, 6) is -0.341. The van der Waals surface area contributed by atoms with E-state index in [1.165, 1.54) is 6.07 Å². The number of rotatable bonds is 8. The number of carbonyl (C=O) groups is 1. The fraction of sp³-hybridized carbons (Fsp3) is 0.235. The average molecular weight is 336 g/mol. The van der Waals surface area contributed by atoms with Gasteiger partial charge in [-0.15, -0.1) is 0 Å². The van der Waals surface area contributed by atoms with Crippen LogP contribution in [0.2, 0.25) is 0 Å². The van der Waals surface area contributed by atoms with E-state index in [4.69, 9.17) is 9.47 Å². The highest BCUT2D eigenvalue weighted by molar-refractivity contribution is 5.80. The van der Waals surface area contributed by atoms with Gasteiger partial charge in [0, 0.05) is 6.07 Å². The van der Waals surface area contributed by atoms with Crippen LogP contribution in [0.3, 0.4) is 0 Å². The molecule has 0 saturated heterocycles. The van der Waals surface area contributed by atoms with Crippen LogP contribution in [0.4, 0.5) is 14.5 Å². The summed E-state index contributed by atoms with van der Waals surface area (Å²) in [6.45, 7) is 0.479. The number of anilines is 1. The van der Waals surface area contributed by atoms with Gasteiger partial charge in [-0.2, -0.15) is 0 Å². The number of hydrogen-bond acceptors (Lipinski definition) is 4. The highest BCUT2D eigenvalue weighted by Crippen LogP contribution is 2.16. The van der Waals surface area contributed by atoms with Crippen molar-refractivity contribution in [2.75, 3.05) is 32.1 Å². The third-order valence-electron chi connectivity index (χ3n) is 3.12. The Morgan fingerprint density at radius 2 is 1.79 bits per heavy atom. The minimum absolute atomic E-state index is 0.0704. The normalized spacial score (nSPS) is 10.1. The van der Waals surface area contributed by atoms with E-state index in [1.54, 1.807) is 31.4 Å². The fourth-order valence-electron chi connectivity index (χ4n) is 1.90. The zero-order valence-corrected chi connectivity index (χ0v) is 13.1. The molecule has 0 radical (unpaired) electrons. The Kier molecular flexibility index (Phi) is 6.36. The van der Waals surface area contributed by atoms with Crippen molar-refractivity contribution in [2.45, 2.75) is 0 Å². The Morgan fingerprint density at radius 1 is 1.08 bits per heavy atom. The van der Waals surface area contributed by atoms with Gasteiger partial charge < -0.3 is 20.1 Å². The predicted molar refractivity (Wildman–Crippen MR) is 86.3 cm³/mol. The Labute approximate surface area is 138 Å².